The maximum absolute atomic E-state index is 2.57. The first kappa shape index (κ1) is 36.7. The van der Waals surface area contributed by atoms with Crippen molar-refractivity contribution in [2.24, 2.45) is 0 Å². The summed E-state index contributed by atoms with van der Waals surface area (Å²) in [4.78, 5) is 5.01. The summed E-state index contributed by atoms with van der Waals surface area (Å²) in [7, 11) is 0. The Morgan fingerprint density at radius 1 is 0.297 bits per heavy atom. The molecule has 302 valence electrons. The highest BCUT2D eigenvalue weighted by Crippen LogP contribution is 2.67. The number of benzene rings is 10. The molecular formula is C62H44N2. The van der Waals surface area contributed by atoms with Crippen LogP contribution in [0.25, 0.3) is 44.2 Å². The third-order valence-corrected chi connectivity index (χ3v) is 14.4. The van der Waals surface area contributed by atoms with E-state index in [4.69, 9.17) is 0 Å². The molecule has 0 saturated carbocycles. The van der Waals surface area contributed by atoms with Gasteiger partial charge in [-0.2, -0.15) is 0 Å². The van der Waals surface area contributed by atoms with Crippen LogP contribution in [0.5, 0.6) is 0 Å². The minimum Gasteiger partial charge on any atom is -0.310 e. The minimum absolute atomic E-state index is 0.220. The molecule has 2 heteroatoms. The number of anilines is 6. The molecule has 2 nitrogen and oxygen atoms in total. The summed E-state index contributed by atoms with van der Waals surface area (Å²) in [6, 6.07) is 85.7. The first-order valence-electron chi connectivity index (χ1n) is 22.4. The average Bonchev–Trinajstić information content (AvgIpc) is 3.92. The van der Waals surface area contributed by atoms with Crippen molar-refractivity contribution in [3.63, 3.8) is 0 Å². The van der Waals surface area contributed by atoms with E-state index in [9.17, 15) is 0 Å². The quantitative estimate of drug-likeness (QED) is 0.165. The molecule has 0 heterocycles. The van der Waals surface area contributed by atoms with Crippen molar-refractivity contribution >= 4 is 44.9 Å². The van der Waals surface area contributed by atoms with Crippen LogP contribution in [0.1, 0.15) is 47.2 Å². The van der Waals surface area contributed by atoms with Gasteiger partial charge in [-0.25, -0.2) is 0 Å². The van der Waals surface area contributed by atoms with Gasteiger partial charge in [-0.1, -0.05) is 190 Å². The second-order valence-corrected chi connectivity index (χ2v) is 18.0. The molecule has 1 unspecified atom stereocenters. The molecule has 0 amide bonds. The van der Waals surface area contributed by atoms with Gasteiger partial charge in [-0.05, 0) is 121 Å². The zero-order valence-electron chi connectivity index (χ0n) is 35.8. The molecular weight excluding hydrogens is 773 g/mol. The van der Waals surface area contributed by atoms with Crippen LogP contribution in [-0.4, -0.2) is 0 Å². The Morgan fingerprint density at radius 2 is 0.750 bits per heavy atom. The van der Waals surface area contributed by atoms with Gasteiger partial charge < -0.3 is 9.80 Å². The molecule has 1 atom stereocenters. The van der Waals surface area contributed by atoms with Crippen molar-refractivity contribution in [2.45, 2.75) is 24.7 Å². The van der Waals surface area contributed by atoms with Crippen LogP contribution in [-0.2, 0) is 10.8 Å². The van der Waals surface area contributed by atoms with E-state index < -0.39 is 5.41 Å². The maximum Gasteiger partial charge on any atom is 0.0727 e. The number of nitrogens with zero attached hydrogens (tertiary/aromatic N) is 2. The van der Waals surface area contributed by atoms with Gasteiger partial charge in [0.15, 0.2) is 0 Å². The van der Waals surface area contributed by atoms with Gasteiger partial charge >= 0.3 is 0 Å². The summed E-state index contributed by atoms with van der Waals surface area (Å²) < 4.78 is 0. The second-order valence-electron chi connectivity index (χ2n) is 18.0. The highest BCUT2D eigenvalue weighted by molar-refractivity contribution is 6.13. The zero-order valence-corrected chi connectivity index (χ0v) is 35.8. The highest BCUT2D eigenvalue weighted by Gasteiger charge is 2.53. The Morgan fingerprint density at radius 3 is 1.39 bits per heavy atom. The van der Waals surface area contributed by atoms with E-state index in [1.165, 1.54) is 94.6 Å². The summed E-state index contributed by atoms with van der Waals surface area (Å²) in [5, 5.41) is 2.48. The van der Waals surface area contributed by atoms with Crippen molar-refractivity contribution in [1.82, 2.24) is 0 Å². The van der Waals surface area contributed by atoms with Gasteiger partial charge in [-0.15, -0.1) is 0 Å². The van der Waals surface area contributed by atoms with Gasteiger partial charge in [-0.3, -0.25) is 0 Å². The average molecular weight is 817 g/mol. The summed E-state index contributed by atoms with van der Waals surface area (Å²) in [6.45, 7) is 4.80. The predicted octanol–water partition coefficient (Wildman–Crippen LogP) is 16.4. The Hall–Kier alpha value is -7.94. The van der Waals surface area contributed by atoms with Gasteiger partial charge in [0.25, 0.3) is 0 Å². The lowest BCUT2D eigenvalue weighted by molar-refractivity contribution is 0.661. The standard InChI is InChI=1S/C62H44N2/c1-61(2)50-34-17-14-28-44(50)47-33-20-39-56(60(47)61)64(43-26-10-5-11-27-43)57-40-54-58(46-30-13-12-29-45(46)57)48-31-15-18-35-51(48)62(54)52-36-19-16-32-49(52)59-53(62)37-21-38-55(59)63(41-22-6-3-7-23-41)42-24-8-4-9-25-42/h3-40H,1-2H3. The molecule has 3 aliphatic carbocycles. The fourth-order valence-corrected chi connectivity index (χ4v) is 11.9. The molecule has 10 aromatic carbocycles. The predicted molar refractivity (Wildman–Crippen MR) is 267 cm³/mol. The summed E-state index contributed by atoms with van der Waals surface area (Å²) in [5.41, 5.74) is 21.8. The number of para-hydroxylation sites is 3. The lowest BCUT2D eigenvalue weighted by atomic mass is 9.70. The lowest BCUT2D eigenvalue weighted by Crippen LogP contribution is -2.26. The molecule has 3 aliphatic rings. The molecule has 0 aliphatic heterocycles. The van der Waals surface area contributed by atoms with Gasteiger partial charge in [0, 0.05) is 33.4 Å². The monoisotopic (exact) mass is 816 g/mol. The van der Waals surface area contributed by atoms with Crippen molar-refractivity contribution in [2.75, 3.05) is 9.80 Å². The fraction of sp³-hybridized carbons (Fsp3) is 0.0645. The molecule has 0 N–H and O–H groups in total. The van der Waals surface area contributed by atoms with Crippen LogP contribution in [0.2, 0.25) is 0 Å². The Bertz CT molecular complexity index is 3440. The first-order valence-corrected chi connectivity index (χ1v) is 22.4. The van der Waals surface area contributed by atoms with Gasteiger partial charge in [0.05, 0.1) is 22.5 Å². The lowest BCUT2D eigenvalue weighted by Gasteiger charge is -2.35. The molecule has 0 radical (unpaired) electrons. The first-order chi connectivity index (χ1) is 31.6. The molecule has 64 heavy (non-hydrogen) atoms. The van der Waals surface area contributed by atoms with Crippen LogP contribution < -0.4 is 9.80 Å². The largest absolute Gasteiger partial charge is 0.310 e. The molecule has 0 fully saturated rings. The smallest absolute Gasteiger partial charge is 0.0727 e. The van der Waals surface area contributed by atoms with E-state index in [-0.39, 0.29) is 5.41 Å². The second kappa shape index (κ2) is 13.8. The minimum atomic E-state index is -0.595. The molecule has 10 aromatic rings. The van der Waals surface area contributed by atoms with E-state index >= 15 is 0 Å². The molecule has 0 bridgehead atoms. The third-order valence-electron chi connectivity index (χ3n) is 14.4. The van der Waals surface area contributed by atoms with Crippen molar-refractivity contribution in [1.29, 1.82) is 0 Å². The molecule has 13 rings (SSSR count). The number of hydrogen-bond acceptors (Lipinski definition) is 2. The van der Waals surface area contributed by atoms with E-state index in [0.29, 0.717) is 0 Å². The molecule has 0 saturated heterocycles. The van der Waals surface area contributed by atoms with Crippen LogP contribution in [0.3, 0.4) is 0 Å². The molecule has 1 spiro atoms. The van der Waals surface area contributed by atoms with Crippen molar-refractivity contribution < 1.29 is 0 Å². The number of hydrogen-bond donors (Lipinski definition) is 0. The number of rotatable bonds is 6. The Kier molecular flexibility index (Phi) is 7.90. The van der Waals surface area contributed by atoms with Crippen molar-refractivity contribution in [3.05, 3.63) is 264 Å². The molecule has 0 aromatic heterocycles. The fourth-order valence-electron chi connectivity index (χ4n) is 11.9. The number of fused-ring (bicyclic) bond motifs is 15. The SMILES string of the molecule is CC1(C)c2ccccc2-c2cccc(N(c3ccccc3)c3cc4c(c5ccccc35)-c3ccccc3C43c4ccccc4-c4c(N(c5ccccc5)c5ccccc5)cccc43)c21. The Labute approximate surface area is 375 Å². The summed E-state index contributed by atoms with van der Waals surface area (Å²) >= 11 is 0. The Balaban J connectivity index is 1.15. The van der Waals surface area contributed by atoms with Crippen molar-refractivity contribution in [3.8, 4) is 33.4 Å². The van der Waals surface area contributed by atoms with Crippen LogP contribution >= 0.6 is 0 Å². The van der Waals surface area contributed by atoms with E-state index in [1.807, 2.05) is 0 Å². The topological polar surface area (TPSA) is 6.48 Å². The summed E-state index contributed by atoms with van der Waals surface area (Å²) in [6.07, 6.45) is 0. The summed E-state index contributed by atoms with van der Waals surface area (Å²) in [5.74, 6) is 0. The zero-order chi connectivity index (χ0) is 42.6. The van der Waals surface area contributed by atoms with E-state index in [0.717, 1.165) is 17.1 Å². The van der Waals surface area contributed by atoms with Crippen LogP contribution in [0, 0.1) is 0 Å². The van der Waals surface area contributed by atoms with Crippen LogP contribution in [0.15, 0.2) is 231 Å². The normalized spacial score (nSPS) is 15.5. The van der Waals surface area contributed by atoms with E-state index in [2.05, 4.69) is 254 Å². The van der Waals surface area contributed by atoms with Gasteiger partial charge in [0.1, 0.15) is 0 Å². The van der Waals surface area contributed by atoms with Gasteiger partial charge in [0.2, 0.25) is 0 Å². The van der Waals surface area contributed by atoms with E-state index in [1.54, 1.807) is 0 Å². The third kappa shape index (κ3) is 4.91. The highest BCUT2D eigenvalue weighted by atomic mass is 15.2. The van der Waals surface area contributed by atoms with Crippen LogP contribution in [0.4, 0.5) is 34.1 Å². The maximum atomic E-state index is 2.57.